The van der Waals surface area contributed by atoms with Crippen LogP contribution in [0.1, 0.15) is 44.2 Å². The van der Waals surface area contributed by atoms with E-state index in [-0.39, 0.29) is 5.92 Å². The van der Waals surface area contributed by atoms with Crippen LogP contribution in [0.3, 0.4) is 0 Å². The van der Waals surface area contributed by atoms with Gasteiger partial charge in [0, 0.05) is 24.2 Å². The van der Waals surface area contributed by atoms with Crippen LogP contribution in [0, 0.1) is 0 Å². The van der Waals surface area contributed by atoms with Crippen LogP contribution in [0.2, 0.25) is 0 Å². The maximum absolute atomic E-state index is 6.20. The van der Waals surface area contributed by atoms with Crippen LogP contribution in [-0.2, 0) is 0 Å². The number of ether oxygens (including phenoxy) is 1. The molecule has 1 aromatic rings. The van der Waals surface area contributed by atoms with E-state index in [4.69, 9.17) is 22.1 Å². The summed E-state index contributed by atoms with van der Waals surface area (Å²) in [5, 5.41) is 4.44. The van der Waals surface area contributed by atoms with Gasteiger partial charge in [0.25, 0.3) is 0 Å². The van der Waals surface area contributed by atoms with E-state index in [1.54, 1.807) is 0 Å². The summed E-state index contributed by atoms with van der Waals surface area (Å²) in [5.74, 6) is 2.80. The van der Waals surface area contributed by atoms with E-state index in [0.717, 1.165) is 54.1 Å². The van der Waals surface area contributed by atoms with E-state index in [0.29, 0.717) is 18.4 Å². The quantitative estimate of drug-likeness (QED) is 0.785. The van der Waals surface area contributed by atoms with Gasteiger partial charge in [-0.1, -0.05) is 24.9 Å². The van der Waals surface area contributed by atoms with Crippen molar-refractivity contribution >= 4 is 23.4 Å². The predicted molar refractivity (Wildman–Crippen MR) is 100.0 cm³/mol. The third-order valence-corrected chi connectivity index (χ3v) is 5.34. The number of unbranched alkanes of at least 4 members (excludes halogenated alkanes) is 1. The third-order valence-electron chi connectivity index (χ3n) is 5.06. The molecule has 0 bridgehead atoms. The number of fused-ring (bicyclic) bond motifs is 3. The molecule has 1 aromatic heterocycles. The first-order chi connectivity index (χ1) is 12.2. The number of anilines is 2. The number of rotatable bonds is 5. The molecule has 2 atom stereocenters. The fourth-order valence-electron chi connectivity index (χ4n) is 3.73. The smallest absolute Gasteiger partial charge is 0.222 e. The highest BCUT2D eigenvalue weighted by molar-refractivity contribution is 6.29. The van der Waals surface area contributed by atoms with Crippen molar-refractivity contribution in [3.63, 3.8) is 0 Å². The average molecular weight is 362 g/mol. The lowest BCUT2D eigenvalue weighted by molar-refractivity contribution is 0.423. The maximum atomic E-state index is 6.20. The van der Waals surface area contributed by atoms with Crippen LogP contribution >= 0.6 is 11.6 Å². The first kappa shape index (κ1) is 16.7. The Morgan fingerprint density at radius 3 is 3.12 bits per heavy atom. The molecule has 3 N–H and O–H groups in total. The summed E-state index contributed by atoms with van der Waals surface area (Å²) in [6, 6.07) is 0.484. The molecular weight excluding hydrogens is 338 g/mol. The second kappa shape index (κ2) is 6.84. The predicted octanol–water partition coefficient (Wildman–Crippen LogP) is 2.91. The van der Waals surface area contributed by atoms with Crippen molar-refractivity contribution in [1.29, 1.82) is 0 Å². The van der Waals surface area contributed by atoms with Gasteiger partial charge < -0.3 is 20.7 Å². The Bertz CT molecular complexity index is 732. The van der Waals surface area contributed by atoms with Crippen molar-refractivity contribution in [3.05, 3.63) is 28.6 Å². The SMILES string of the molecule is CCCCNC1CCN(c2nc(N)nc3c2OC2=CC=C(Cl)CC23)C1. The lowest BCUT2D eigenvalue weighted by atomic mass is 9.96. The van der Waals surface area contributed by atoms with Gasteiger partial charge in [-0.2, -0.15) is 4.98 Å². The van der Waals surface area contributed by atoms with Crippen molar-refractivity contribution < 1.29 is 4.74 Å². The van der Waals surface area contributed by atoms with Crippen LogP contribution < -0.4 is 20.7 Å². The van der Waals surface area contributed by atoms with Gasteiger partial charge >= 0.3 is 0 Å². The Hall–Kier alpha value is -1.79. The molecular formula is C18H24ClN5O. The zero-order valence-corrected chi connectivity index (χ0v) is 15.2. The summed E-state index contributed by atoms with van der Waals surface area (Å²) in [6.07, 6.45) is 8.04. The molecule has 2 unspecified atom stereocenters. The van der Waals surface area contributed by atoms with Crippen molar-refractivity contribution in [2.75, 3.05) is 30.3 Å². The fourth-order valence-corrected chi connectivity index (χ4v) is 3.95. The monoisotopic (exact) mass is 361 g/mol. The van der Waals surface area contributed by atoms with E-state index < -0.39 is 0 Å². The molecule has 0 saturated carbocycles. The van der Waals surface area contributed by atoms with E-state index in [1.807, 2.05) is 12.2 Å². The molecule has 0 amide bonds. The first-order valence-corrected chi connectivity index (χ1v) is 9.43. The zero-order chi connectivity index (χ0) is 17.4. The molecule has 4 rings (SSSR count). The van der Waals surface area contributed by atoms with Crippen LogP contribution in [0.25, 0.3) is 0 Å². The lowest BCUT2D eigenvalue weighted by Gasteiger charge is -2.20. The summed E-state index contributed by atoms with van der Waals surface area (Å²) in [5.41, 5.74) is 6.86. The highest BCUT2D eigenvalue weighted by Gasteiger charge is 2.38. The van der Waals surface area contributed by atoms with Gasteiger partial charge in [0.2, 0.25) is 5.95 Å². The van der Waals surface area contributed by atoms with Gasteiger partial charge in [0.15, 0.2) is 11.6 Å². The summed E-state index contributed by atoms with van der Waals surface area (Å²) in [6.45, 7) is 5.13. The number of allylic oxidation sites excluding steroid dienone is 4. The highest BCUT2D eigenvalue weighted by atomic mass is 35.5. The number of nitrogens with two attached hydrogens (primary N) is 1. The van der Waals surface area contributed by atoms with Gasteiger partial charge in [0.05, 0.1) is 5.92 Å². The second-order valence-electron chi connectivity index (χ2n) is 6.90. The van der Waals surface area contributed by atoms with Gasteiger partial charge in [-0.3, -0.25) is 0 Å². The van der Waals surface area contributed by atoms with E-state index >= 15 is 0 Å². The van der Waals surface area contributed by atoms with Gasteiger partial charge in [-0.25, -0.2) is 4.98 Å². The van der Waals surface area contributed by atoms with Crippen molar-refractivity contribution in [2.45, 2.75) is 44.6 Å². The fraction of sp³-hybridized carbons (Fsp3) is 0.556. The molecule has 1 fully saturated rings. The molecule has 0 radical (unpaired) electrons. The third kappa shape index (κ3) is 3.20. The minimum atomic E-state index is 0.0534. The summed E-state index contributed by atoms with van der Waals surface area (Å²) in [7, 11) is 0. The van der Waals surface area contributed by atoms with Crippen molar-refractivity contribution in [1.82, 2.24) is 15.3 Å². The number of nitrogen functional groups attached to an aromatic ring is 1. The number of nitrogens with one attached hydrogen (secondary N) is 1. The Morgan fingerprint density at radius 2 is 2.28 bits per heavy atom. The molecule has 1 saturated heterocycles. The van der Waals surface area contributed by atoms with Crippen molar-refractivity contribution in [2.24, 2.45) is 0 Å². The molecule has 0 spiro atoms. The highest BCUT2D eigenvalue weighted by Crippen LogP contribution is 2.49. The molecule has 6 nitrogen and oxygen atoms in total. The van der Waals surface area contributed by atoms with Crippen LogP contribution in [0.4, 0.5) is 11.8 Å². The van der Waals surface area contributed by atoms with Gasteiger partial charge in [-0.05, 0) is 38.0 Å². The largest absolute Gasteiger partial charge is 0.455 e. The molecule has 1 aliphatic carbocycles. The van der Waals surface area contributed by atoms with Gasteiger partial charge in [-0.15, -0.1) is 0 Å². The molecule has 25 heavy (non-hydrogen) atoms. The summed E-state index contributed by atoms with van der Waals surface area (Å²) < 4.78 is 6.11. The van der Waals surface area contributed by atoms with E-state index in [1.165, 1.54) is 12.8 Å². The van der Waals surface area contributed by atoms with E-state index in [2.05, 4.69) is 27.1 Å². The number of hydrogen-bond donors (Lipinski definition) is 2. The second-order valence-corrected chi connectivity index (χ2v) is 7.39. The van der Waals surface area contributed by atoms with Crippen LogP contribution in [0.15, 0.2) is 22.9 Å². The van der Waals surface area contributed by atoms with E-state index in [9.17, 15) is 0 Å². The topological polar surface area (TPSA) is 76.3 Å². The molecule has 3 heterocycles. The number of halogens is 1. The summed E-state index contributed by atoms with van der Waals surface area (Å²) in [4.78, 5) is 11.2. The number of hydrogen-bond acceptors (Lipinski definition) is 6. The maximum Gasteiger partial charge on any atom is 0.222 e. The van der Waals surface area contributed by atoms with Crippen LogP contribution in [0.5, 0.6) is 5.75 Å². The average Bonchev–Trinajstić information content (AvgIpc) is 3.19. The lowest BCUT2D eigenvalue weighted by Crippen LogP contribution is -2.33. The standard InChI is InChI=1S/C18H24ClN5O/c1-2-3-7-21-12-6-8-24(10-12)17-16-15(22-18(20)23-17)13-9-11(19)4-5-14(13)25-16/h4-5,12-13,21H,2-3,6-10H2,1H3,(H2,20,22,23). The summed E-state index contributed by atoms with van der Waals surface area (Å²) >= 11 is 6.20. The normalized spacial score (nSPS) is 24.5. The Morgan fingerprint density at radius 1 is 1.40 bits per heavy atom. The molecule has 0 aromatic carbocycles. The van der Waals surface area contributed by atoms with Crippen LogP contribution in [-0.4, -0.2) is 35.6 Å². The first-order valence-electron chi connectivity index (χ1n) is 9.05. The Balaban J connectivity index is 1.56. The Kier molecular flexibility index (Phi) is 4.56. The minimum absolute atomic E-state index is 0.0534. The number of nitrogens with zero attached hydrogens (tertiary/aromatic N) is 3. The zero-order valence-electron chi connectivity index (χ0n) is 14.5. The van der Waals surface area contributed by atoms with Gasteiger partial charge in [0.1, 0.15) is 11.5 Å². The minimum Gasteiger partial charge on any atom is -0.455 e. The Labute approximate surface area is 153 Å². The molecule has 3 aliphatic rings. The van der Waals surface area contributed by atoms with Crippen molar-refractivity contribution in [3.8, 4) is 5.75 Å². The molecule has 2 aliphatic heterocycles. The molecule has 7 heteroatoms. The molecule has 134 valence electrons. The number of aromatic nitrogens is 2.